The molecule has 0 saturated heterocycles. The fourth-order valence-electron chi connectivity index (χ4n) is 10.8. The van der Waals surface area contributed by atoms with E-state index in [-0.39, 0.29) is 25.7 Å². The summed E-state index contributed by atoms with van der Waals surface area (Å²) in [5.74, 6) is 0.829. The number of rotatable bonds is 69. The quantitative estimate of drug-likeness (QED) is 0.0222. The summed E-state index contributed by atoms with van der Waals surface area (Å²) >= 11 is 0. The van der Waals surface area contributed by atoms with Crippen LogP contribution in [0.2, 0.25) is 0 Å². The van der Waals surface area contributed by atoms with Gasteiger partial charge in [0.1, 0.15) is 19.3 Å². The molecule has 0 radical (unpaired) electrons. The van der Waals surface area contributed by atoms with Crippen molar-refractivity contribution in [3.63, 3.8) is 0 Å². The van der Waals surface area contributed by atoms with E-state index in [9.17, 15) is 43.2 Å². The molecule has 540 valence electrons. The first-order valence-corrected chi connectivity index (χ1v) is 40.2. The third-order valence-corrected chi connectivity index (χ3v) is 18.5. The van der Waals surface area contributed by atoms with Crippen LogP contribution in [0.1, 0.15) is 357 Å². The van der Waals surface area contributed by atoms with E-state index in [4.69, 9.17) is 37.0 Å². The van der Waals surface area contributed by atoms with E-state index in [1.165, 1.54) is 148 Å². The Balaban J connectivity index is 5.22. The molecular weight excluding hydrogens is 1200 g/mol. The average Bonchev–Trinajstić information content (AvgIpc) is 2.92. The average molecular weight is 1340 g/mol. The minimum atomic E-state index is -4.95. The molecule has 91 heavy (non-hydrogen) atoms. The van der Waals surface area contributed by atoms with Crippen molar-refractivity contribution < 1.29 is 80.2 Å². The predicted molar refractivity (Wildman–Crippen MR) is 367 cm³/mol. The van der Waals surface area contributed by atoms with Crippen LogP contribution in [0, 0.1) is 23.7 Å². The van der Waals surface area contributed by atoms with Crippen molar-refractivity contribution in [2.75, 3.05) is 39.6 Å². The lowest BCUT2D eigenvalue weighted by atomic mass is 10.0. The van der Waals surface area contributed by atoms with Crippen molar-refractivity contribution in [3.8, 4) is 0 Å². The Bertz CT molecular complexity index is 1800. The number of aliphatic hydroxyl groups is 1. The van der Waals surface area contributed by atoms with E-state index in [2.05, 4.69) is 55.4 Å². The molecule has 0 aromatic heterocycles. The Morgan fingerprint density at radius 1 is 0.275 bits per heavy atom. The van der Waals surface area contributed by atoms with Crippen LogP contribution in [-0.2, 0) is 65.4 Å². The van der Waals surface area contributed by atoms with Crippen molar-refractivity contribution in [3.05, 3.63) is 0 Å². The van der Waals surface area contributed by atoms with Crippen LogP contribution in [0.15, 0.2) is 0 Å². The highest BCUT2D eigenvalue weighted by Crippen LogP contribution is 2.45. The second-order valence-electron chi connectivity index (χ2n) is 27.9. The smallest absolute Gasteiger partial charge is 0.462 e. The Morgan fingerprint density at radius 2 is 0.462 bits per heavy atom. The SMILES string of the molecule is CC(C)CCCCCCCCCCCCCCCC(=O)O[C@H](COC(=O)CCCCCCCCCC(C)C)COP(=O)(O)OCC(O)COP(=O)(O)OC[C@@H](COC(=O)CCCCCCCCC(C)C)OC(=O)CCCCCCCCCCCCCCCC(C)C. The summed E-state index contributed by atoms with van der Waals surface area (Å²) in [5.41, 5.74) is 0. The molecule has 0 aliphatic carbocycles. The van der Waals surface area contributed by atoms with E-state index in [0.717, 1.165) is 115 Å². The molecule has 17 nitrogen and oxygen atoms in total. The van der Waals surface area contributed by atoms with Gasteiger partial charge in [0, 0.05) is 25.7 Å². The van der Waals surface area contributed by atoms with E-state index in [1.54, 1.807) is 0 Å². The molecule has 0 rings (SSSR count). The highest BCUT2D eigenvalue weighted by atomic mass is 31.2. The summed E-state index contributed by atoms with van der Waals surface area (Å²) in [4.78, 5) is 72.6. The predicted octanol–water partition coefficient (Wildman–Crippen LogP) is 20.5. The molecule has 0 fully saturated rings. The van der Waals surface area contributed by atoms with Crippen molar-refractivity contribution >= 4 is 39.5 Å². The maximum Gasteiger partial charge on any atom is 0.472 e. The van der Waals surface area contributed by atoms with Crippen molar-refractivity contribution in [1.82, 2.24) is 0 Å². The topological polar surface area (TPSA) is 237 Å². The first kappa shape index (κ1) is 89.1. The number of unbranched alkanes of at least 4 members (excludes halogenated alkanes) is 35. The molecule has 3 N–H and O–H groups in total. The molecule has 5 atom stereocenters. The Labute approximate surface area is 556 Å². The number of hydrogen-bond acceptors (Lipinski definition) is 15. The zero-order chi connectivity index (χ0) is 67.5. The van der Waals surface area contributed by atoms with Gasteiger partial charge in [0.05, 0.1) is 26.4 Å². The van der Waals surface area contributed by atoms with Gasteiger partial charge in [-0.05, 0) is 49.4 Å². The minimum Gasteiger partial charge on any atom is -0.462 e. The monoisotopic (exact) mass is 1340 g/mol. The molecule has 0 bridgehead atoms. The molecule has 0 aromatic rings. The van der Waals surface area contributed by atoms with E-state index in [1.807, 2.05) is 0 Å². The molecular formula is C72H140O17P2. The van der Waals surface area contributed by atoms with E-state index >= 15 is 0 Å². The van der Waals surface area contributed by atoms with Crippen LogP contribution < -0.4 is 0 Å². The number of carbonyl (C=O) groups is 4. The van der Waals surface area contributed by atoms with Gasteiger partial charge < -0.3 is 33.8 Å². The first-order chi connectivity index (χ1) is 43.6. The summed E-state index contributed by atoms with van der Waals surface area (Å²) in [7, 11) is -9.90. The van der Waals surface area contributed by atoms with Gasteiger partial charge in [0.25, 0.3) is 0 Å². The van der Waals surface area contributed by atoms with Gasteiger partial charge in [-0.15, -0.1) is 0 Å². The van der Waals surface area contributed by atoms with Gasteiger partial charge >= 0.3 is 39.5 Å². The molecule has 0 aliphatic heterocycles. The van der Waals surface area contributed by atoms with E-state index < -0.39 is 97.5 Å². The maximum absolute atomic E-state index is 13.0. The Morgan fingerprint density at radius 3 is 0.681 bits per heavy atom. The minimum absolute atomic E-state index is 0.106. The van der Waals surface area contributed by atoms with Crippen molar-refractivity contribution in [2.24, 2.45) is 23.7 Å². The second kappa shape index (κ2) is 61.6. The summed E-state index contributed by atoms with van der Waals surface area (Å²) in [6.45, 7) is 14.1. The largest absolute Gasteiger partial charge is 0.472 e. The van der Waals surface area contributed by atoms with Crippen LogP contribution in [0.4, 0.5) is 0 Å². The number of phosphoric ester groups is 2. The zero-order valence-corrected chi connectivity index (χ0v) is 61.3. The summed E-state index contributed by atoms with van der Waals surface area (Å²) in [6, 6.07) is 0. The number of aliphatic hydroxyl groups excluding tert-OH is 1. The van der Waals surface area contributed by atoms with Gasteiger partial charge in [-0.25, -0.2) is 9.13 Å². The van der Waals surface area contributed by atoms with Crippen LogP contribution in [0.5, 0.6) is 0 Å². The first-order valence-electron chi connectivity index (χ1n) is 37.2. The molecule has 0 aromatic carbocycles. The van der Waals surface area contributed by atoms with Crippen LogP contribution in [-0.4, -0.2) is 96.7 Å². The standard InChI is InChI=1S/C72H140O17P2/c1-62(2)48-40-32-24-19-15-11-9-13-17-21-27-38-46-54-71(76)88-67(58-82-69(74)52-44-36-29-23-26-34-42-50-64(5)6)60-86-90(78,79)84-56-66(73)57-85-91(80,81)87-61-68(59-83-70(75)53-45-37-31-30-35-43-51-65(7)8)89-72(77)55-47-39-28-22-18-14-10-12-16-20-25-33-41-49-63(3)4/h62-68,73H,9-61H2,1-8H3,(H,78,79)(H,80,81)/t66?,67-,68-/m1/s1. The second-order valence-corrected chi connectivity index (χ2v) is 30.8. The summed E-state index contributed by atoms with van der Waals surface area (Å²) < 4.78 is 68.3. The third kappa shape index (κ3) is 66.5. The maximum atomic E-state index is 13.0. The van der Waals surface area contributed by atoms with E-state index in [0.29, 0.717) is 37.5 Å². The van der Waals surface area contributed by atoms with Crippen LogP contribution >= 0.6 is 15.6 Å². The molecule has 0 aliphatic rings. The van der Waals surface area contributed by atoms with Crippen molar-refractivity contribution in [2.45, 2.75) is 375 Å². The van der Waals surface area contributed by atoms with Gasteiger partial charge in [-0.2, -0.15) is 0 Å². The van der Waals surface area contributed by atoms with Gasteiger partial charge in [-0.1, -0.05) is 306 Å². The number of phosphoric acid groups is 2. The number of hydrogen-bond donors (Lipinski definition) is 3. The highest BCUT2D eigenvalue weighted by Gasteiger charge is 2.30. The molecule has 19 heteroatoms. The lowest BCUT2D eigenvalue weighted by Crippen LogP contribution is -2.30. The molecule has 0 spiro atoms. The molecule has 3 unspecified atom stereocenters. The van der Waals surface area contributed by atoms with Crippen LogP contribution in [0.3, 0.4) is 0 Å². The zero-order valence-electron chi connectivity index (χ0n) is 59.5. The fraction of sp³-hybridized carbons (Fsp3) is 0.944. The summed E-state index contributed by atoms with van der Waals surface area (Å²) in [5, 5.41) is 10.6. The Hall–Kier alpha value is -1.94. The molecule has 0 heterocycles. The fourth-order valence-corrected chi connectivity index (χ4v) is 12.4. The van der Waals surface area contributed by atoms with Gasteiger partial charge in [0.15, 0.2) is 12.2 Å². The Kier molecular flexibility index (Phi) is 60.3. The highest BCUT2D eigenvalue weighted by molar-refractivity contribution is 7.47. The summed E-state index contributed by atoms with van der Waals surface area (Å²) in [6.07, 6.45) is 44.7. The lowest BCUT2D eigenvalue weighted by Gasteiger charge is -2.21. The number of ether oxygens (including phenoxy) is 4. The van der Waals surface area contributed by atoms with Crippen LogP contribution in [0.25, 0.3) is 0 Å². The molecule has 0 saturated carbocycles. The van der Waals surface area contributed by atoms with Crippen molar-refractivity contribution in [1.29, 1.82) is 0 Å². The van der Waals surface area contributed by atoms with Gasteiger partial charge in [0.2, 0.25) is 0 Å². The van der Waals surface area contributed by atoms with Gasteiger partial charge in [-0.3, -0.25) is 37.3 Å². The molecule has 0 amide bonds. The third-order valence-electron chi connectivity index (χ3n) is 16.6. The lowest BCUT2D eigenvalue weighted by molar-refractivity contribution is -0.161. The number of carbonyl (C=O) groups excluding carboxylic acids is 4. The number of esters is 4. The normalized spacial score (nSPS) is 14.2.